The van der Waals surface area contributed by atoms with Gasteiger partial charge in [-0.1, -0.05) is 39.2 Å². The van der Waals surface area contributed by atoms with E-state index in [0.29, 0.717) is 56.8 Å². The van der Waals surface area contributed by atoms with Gasteiger partial charge in [0, 0.05) is 49.1 Å². The molecule has 3 amide bonds. The quantitative estimate of drug-likeness (QED) is 0.500. The van der Waals surface area contributed by atoms with Gasteiger partial charge in [0.15, 0.2) is 0 Å². The first-order chi connectivity index (χ1) is 21.2. The summed E-state index contributed by atoms with van der Waals surface area (Å²) in [6.45, 7) is 7.28. The van der Waals surface area contributed by atoms with Crippen molar-refractivity contribution >= 4 is 29.1 Å². The molecule has 2 aromatic rings. The number of carbonyl (C=O) groups is 3. The molecule has 4 atom stereocenters. The number of amides is 3. The van der Waals surface area contributed by atoms with Gasteiger partial charge in [-0.15, -0.1) is 11.3 Å². The van der Waals surface area contributed by atoms with Gasteiger partial charge in [-0.2, -0.15) is 0 Å². The largest absolute Gasteiger partial charge is 0.376 e. The molecule has 0 bridgehead atoms. The first-order valence-electron chi connectivity index (χ1n) is 16.2. The lowest BCUT2D eigenvalue weighted by atomic mass is 9.70. The van der Waals surface area contributed by atoms with Crippen LogP contribution in [0.3, 0.4) is 0 Å². The van der Waals surface area contributed by atoms with Gasteiger partial charge in [-0.25, -0.2) is 0 Å². The highest BCUT2D eigenvalue weighted by Gasteiger charge is 2.62. The molecule has 1 spiro atoms. The summed E-state index contributed by atoms with van der Waals surface area (Å²) < 4.78 is 11.9. The second kappa shape index (κ2) is 11.8. The molecule has 7 rings (SSSR count). The molecule has 11 heteroatoms. The van der Waals surface area contributed by atoms with Crippen LogP contribution in [-0.2, 0) is 19.1 Å². The number of thiazole rings is 1. The van der Waals surface area contributed by atoms with Crippen molar-refractivity contribution in [1.82, 2.24) is 25.1 Å². The topological polar surface area (TPSA) is 114 Å². The van der Waals surface area contributed by atoms with Crippen LogP contribution in [0, 0.1) is 22.7 Å². The lowest BCUT2D eigenvalue weighted by Gasteiger charge is -2.50. The SMILES string of the molecule is CC1(C)C[C@@H]1C(=O)N1CC2(CN(C(=O)c3cncs3)C[C@H]2C(=O)NC(c2cccc(C3CCCCC3)n2)C2COCCO2)C1. The van der Waals surface area contributed by atoms with Crippen LogP contribution in [0.25, 0.3) is 0 Å². The van der Waals surface area contributed by atoms with Gasteiger partial charge in [0.1, 0.15) is 11.0 Å². The monoisotopic (exact) mass is 621 g/mol. The molecular formula is C33H43N5O5S. The predicted molar refractivity (Wildman–Crippen MR) is 164 cm³/mol. The van der Waals surface area contributed by atoms with E-state index in [9.17, 15) is 14.4 Å². The number of nitrogens with one attached hydrogen (secondary N) is 1. The average Bonchev–Trinajstić information content (AvgIpc) is 3.40. The molecule has 5 heterocycles. The van der Waals surface area contributed by atoms with Gasteiger partial charge in [-0.05, 0) is 36.8 Å². The van der Waals surface area contributed by atoms with Crippen LogP contribution in [-0.4, -0.2) is 89.6 Å². The Kier molecular flexibility index (Phi) is 7.99. The van der Waals surface area contributed by atoms with Crippen molar-refractivity contribution in [1.29, 1.82) is 0 Å². The van der Waals surface area contributed by atoms with E-state index >= 15 is 0 Å². The van der Waals surface area contributed by atoms with Crippen molar-refractivity contribution in [2.45, 2.75) is 70.4 Å². The lowest BCUT2D eigenvalue weighted by molar-refractivity contribution is -0.152. The maximum Gasteiger partial charge on any atom is 0.265 e. The van der Waals surface area contributed by atoms with Gasteiger partial charge >= 0.3 is 0 Å². The first-order valence-corrected chi connectivity index (χ1v) is 17.1. The van der Waals surface area contributed by atoms with Crippen LogP contribution in [0.5, 0.6) is 0 Å². The van der Waals surface area contributed by atoms with Crippen LogP contribution in [0.4, 0.5) is 0 Å². The molecule has 2 aliphatic carbocycles. The summed E-state index contributed by atoms with van der Waals surface area (Å²) in [5.74, 6) is -0.0718. The minimum absolute atomic E-state index is 0.0366. The summed E-state index contributed by atoms with van der Waals surface area (Å²) >= 11 is 1.30. The number of likely N-dealkylation sites (tertiary alicyclic amines) is 2. The number of nitrogens with zero attached hydrogens (tertiary/aromatic N) is 4. The fourth-order valence-corrected chi connectivity index (χ4v) is 8.43. The molecule has 3 aliphatic heterocycles. The third kappa shape index (κ3) is 5.67. The van der Waals surface area contributed by atoms with E-state index in [2.05, 4.69) is 30.2 Å². The zero-order chi connectivity index (χ0) is 30.5. The lowest BCUT2D eigenvalue weighted by Crippen LogP contribution is -2.64. The minimum Gasteiger partial charge on any atom is -0.376 e. The Morgan fingerprint density at radius 2 is 1.82 bits per heavy atom. The maximum atomic E-state index is 14.4. The highest BCUT2D eigenvalue weighted by atomic mass is 32.1. The van der Waals surface area contributed by atoms with E-state index in [1.165, 1.54) is 30.6 Å². The van der Waals surface area contributed by atoms with Crippen LogP contribution >= 0.6 is 11.3 Å². The molecule has 5 fully saturated rings. The molecule has 2 aromatic heterocycles. The minimum atomic E-state index is -0.495. The number of aromatic nitrogens is 2. The molecule has 236 valence electrons. The van der Waals surface area contributed by atoms with Crippen LogP contribution < -0.4 is 5.32 Å². The third-order valence-electron chi connectivity index (χ3n) is 10.7. The van der Waals surface area contributed by atoms with E-state index in [1.807, 2.05) is 17.0 Å². The molecule has 0 radical (unpaired) electrons. The zero-order valence-corrected chi connectivity index (χ0v) is 26.5. The molecule has 1 N–H and O–H groups in total. The summed E-state index contributed by atoms with van der Waals surface area (Å²) in [7, 11) is 0. The van der Waals surface area contributed by atoms with Gasteiger partial charge in [-0.3, -0.25) is 24.4 Å². The highest BCUT2D eigenvalue weighted by Crippen LogP contribution is 2.54. The summed E-state index contributed by atoms with van der Waals surface area (Å²) in [6, 6.07) is 5.63. The Morgan fingerprint density at radius 1 is 1.05 bits per heavy atom. The summed E-state index contributed by atoms with van der Waals surface area (Å²) in [5, 5.41) is 3.33. The maximum absolute atomic E-state index is 14.4. The van der Waals surface area contributed by atoms with Gasteiger partial charge in [0.05, 0.1) is 49.2 Å². The van der Waals surface area contributed by atoms with Crippen molar-refractivity contribution in [3.05, 3.63) is 46.2 Å². The van der Waals surface area contributed by atoms with E-state index in [1.54, 1.807) is 16.6 Å². The zero-order valence-electron chi connectivity index (χ0n) is 25.7. The molecule has 10 nitrogen and oxygen atoms in total. The van der Waals surface area contributed by atoms with Crippen LogP contribution in [0.2, 0.25) is 0 Å². The van der Waals surface area contributed by atoms with Crippen molar-refractivity contribution in [3.8, 4) is 0 Å². The molecule has 0 aromatic carbocycles. The van der Waals surface area contributed by atoms with E-state index in [4.69, 9.17) is 14.5 Å². The Bertz CT molecular complexity index is 1380. The normalized spacial score (nSPS) is 28.4. The average molecular weight is 622 g/mol. The van der Waals surface area contributed by atoms with Gasteiger partial charge in [0.2, 0.25) is 11.8 Å². The van der Waals surface area contributed by atoms with E-state index < -0.39 is 17.4 Å². The van der Waals surface area contributed by atoms with Crippen LogP contribution in [0.15, 0.2) is 29.9 Å². The van der Waals surface area contributed by atoms with Gasteiger partial charge in [0.25, 0.3) is 5.91 Å². The number of hydrogen-bond donors (Lipinski definition) is 1. The van der Waals surface area contributed by atoms with E-state index in [-0.39, 0.29) is 35.2 Å². The third-order valence-corrected chi connectivity index (χ3v) is 11.4. The van der Waals surface area contributed by atoms with Crippen molar-refractivity contribution in [3.63, 3.8) is 0 Å². The first kappa shape index (κ1) is 29.8. The molecule has 44 heavy (non-hydrogen) atoms. The Labute approximate surface area is 262 Å². The Balaban J connectivity index is 1.13. The van der Waals surface area contributed by atoms with Crippen molar-refractivity contribution in [2.24, 2.45) is 22.7 Å². The summed E-state index contributed by atoms with van der Waals surface area (Å²) in [5.41, 5.74) is 3.05. The molecule has 3 saturated heterocycles. The van der Waals surface area contributed by atoms with Crippen molar-refractivity contribution < 1.29 is 23.9 Å². The van der Waals surface area contributed by atoms with Gasteiger partial charge < -0.3 is 24.6 Å². The number of carbonyl (C=O) groups excluding carboxylic acids is 3. The smallest absolute Gasteiger partial charge is 0.265 e. The molecular weight excluding hydrogens is 578 g/mol. The Hall–Kier alpha value is -2.89. The number of pyridine rings is 1. The summed E-state index contributed by atoms with van der Waals surface area (Å²) in [6.07, 6.45) is 8.09. The fraction of sp³-hybridized carbons (Fsp3) is 0.667. The standard InChI is InChI=1S/C33H43N5O5S/c1-32(2)13-22(32)30(40)38-18-33(19-38)17-37(31(41)27-14-34-20-44-27)15-23(33)29(39)36-28(26-16-42-11-12-43-26)25-10-6-9-24(35-25)21-7-4-3-5-8-21/h6,9-10,14,20-23,26,28H,3-5,7-8,11-13,15-19H2,1-2H3,(H,36,39)/t22-,23+,26?,28?/m1/s1. The molecule has 2 unspecified atom stereocenters. The number of ether oxygens (including phenoxy) is 2. The number of rotatable bonds is 7. The second-order valence-electron chi connectivity index (χ2n) is 14.2. The molecule has 5 aliphatic rings. The number of hydrogen-bond acceptors (Lipinski definition) is 8. The molecule has 2 saturated carbocycles. The van der Waals surface area contributed by atoms with E-state index in [0.717, 1.165) is 30.7 Å². The van der Waals surface area contributed by atoms with Crippen LogP contribution in [0.1, 0.15) is 85.4 Å². The Morgan fingerprint density at radius 3 is 2.50 bits per heavy atom. The fourth-order valence-electron chi connectivity index (χ4n) is 7.84. The predicted octanol–water partition coefficient (Wildman–Crippen LogP) is 3.81. The van der Waals surface area contributed by atoms with Crippen molar-refractivity contribution in [2.75, 3.05) is 46.0 Å². The second-order valence-corrected chi connectivity index (χ2v) is 15.1. The summed E-state index contributed by atoms with van der Waals surface area (Å²) in [4.78, 5) is 54.5. The highest BCUT2D eigenvalue weighted by molar-refractivity contribution is 7.11.